The van der Waals surface area contributed by atoms with Crippen molar-refractivity contribution in [3.05, 3.63) is 21.8 Å². The maximum absolute atomic E-state index is 11.7. The number of rotatable bonds is 3. The molecule has 0 spiro atoms. The maximum Gasteiger partial charge on any atom is 0.394 e. The number of likely N-dealkylation sites (N-methyl/N-ethyl adjacent to an activating group) is 1. The molecule has 22 heavy (non-hydrogen) atoms. The zero-order valence-electron chi connectivity index (χ0n) is 10.8. The van der Waals surface area contributed by atoms with Crippen LogP contribution in [0.4, 0.5) is 5.69 Å². The first-order chi connectivity index (χ1) is 10.0. The number of carboxylic acid groups (broad SMARTS) is 1. The highest BCUT2D eigenvalue weighted by atomic mass is 127. The van der Waals surface area contributed by atoms with Gasteiger partial charge in [-0.15, -0.1) is 0 Å². The van der Waals surface area contributed by atoms with E-state index in [0.717, 1.165) is 4.90 Å². The molecular weight excluding hydrogens is 635 g/mol. The molecule has 0 bridgehead atoms. The topological polar surface area (TPSA) is 144 Å². The largest absolute Gasteiger partial charge is 0.474 e. The fraction of sp³-hybridized carbons (Fsp3) is 0.0909. The molecule has 11 heteroatoms. The van der Waals surface area contributed by atoms with Crippen LogP contribution in [0.1, 0.15) is 20.7 Å². The number of primary amides is 2. The summed E-state index contributed by atoms with van der Waals surface area (Å²) in [4.78, 5) is 46.7. The molecule has 0 saturated heterocycles. The van der Waals surface area contributed by atoms with Crippen LogP contribution in [0.5, 0.6) is 0 Å². The summed E-state index contributed by atoms with van der Waals surface area (Å²) >= 11 is 5.30. The quantitative estimate of drug-likeness (QED) is 0.329. The van der Waals surface area contributed by atoms with Crippen LogP contribution in [0, 0.1) is 10.7 Å². The maximum atomic E-state index is 11.7. The highest BCUT2D eigenvalue weighted by Crippen LogP contribution is 2.37. The first kappa shape index (κ1) is 19.3. The highest BCUT2D eigenvalue weighted by molar-refractivity contribution is 14.1. The van der Waals surface area contributed by atoms with Crippen molar-refractivity contribution in [2.75, 3.05) is 11.9 Å². The molecule has 118 valence electrons. The Kier molecular flexibility index (Phi) is 6.36. The Morgan fingerprint density at radius 3 is 1.55 bits per heavy atom. The summed E-state index contributed by atoms with van der Waals surface area (Å²) in [7, 11) is 1.22. The number of aliphatic carboxylic acids is 1. The van der Waals surface area contributed by atoms with Crippen molar-refractivity contribution in [2.45, 2.75) is 0 Å². The fourth-order valence-corrected chi connectivity index (χ4v) is 6.58. The van der Waals surface area contributed by atoms with E-state index in [4.69, 9.17) is 16.6 Å². The molecule has 0 aliphatic rings. The number of hydrogen-bond acceptors (Lipinski definition) is 4. The highest BCUT2D eigenvalue weighted by Gasteiger charge is 2.30. The molecule has 0 aliphatic carbocycles. The number of carbonyl (C=O) groups is 4. The monoisotopic (exact) mass is 643 g/mol. The molecule has 0 aromatic heterocycles. The minimum atomic E-state index is -1.67. The van der Waals surface area contributed by atoms with E-state index < -0.39 is 23.7 Å². The average molecular weight is 643 g/mol. The van der Waals surface area contributed by atoms with Gasteiger partial charge in [-0.1, -0.05) is 0 Å². The number of nitrogens with zero attached hydrogens (tertiary/aromatic N) is 1. The number of hydrogen-bond donors (Lipinski definition) is 3. The van der Waals surface area contributed by atoms with Crippen LogP contribution < -0.4 is 16.4 Å². The summed E-state index contributed by atoms with van der Waals surface area (Å²) in [5.41, 5.74) is 10.7. The molecule has 8 nitrogen and oxygen atoms in total. The molecule has 0 fully saturated rings. The third-order valence-electron chi connectivity index (χ3n) is 2.61. The predicted molar refractivity (Wildman–Crippen MR) is 103 cm³/mol. The van der Waals surface area contributed by atoms with Crippen molar-refractivity contribution in [2.24, 2.45) is 11.5 Å². The van der Waals surface area contributed by atoms with Crippen molar-refractivity contribution in [1.82, 2.24) is 0 Å². The van der Waals surface area contributed by atoms with Crippen molar-refractivity contribution in [3.63, 3.8) is 0 Å². The lowest BCUT2D eigenvalue weighted by molar-refractivity contribution is -0.148. The van der Waals surface area contributed by atoms with Gasteiger partial charge in [-0.25, -0.2) is 4.79 Å². The van der Waals surface area contributed by atoms with Crippen molar-refractivity contribution < 1.29 is 24.3 Å². The summed E-state index contributed by atoms with van der Waals surface area (Å²) in [6.45, 7) is 0. The normalized spacial score (nSPS) is 10.2. The molecule has 5 N–H and O–H groups in total. The van der Waals surface area contributed by atoms with Gasteiger partial charge in [0, 0.05) is 10.6 Å². The Morgan fingerprint density at radius 2 is 1.27 bits per heavy atom. The zero-order chi connectivity index (χ0) is 17.4. The van der Waals surface area contributed by atoms with E-state index in [1.165, 1.54) is 7.05 Å². The van der Waals surface area contributed by atoms with Gasteiger partial charge in [-0.3, -0.25) is 14.4 Å². The Hall–Kier alpha value is -0.710. The Balaban J connectivity index is 3.86. The number of carbonyl (C=O) groups excluding carboxylic acids is 3. The molecule has 3 amide bonds. The number of carboxylic acids is 1. The molecule has 0 saturated carbocycles. The van der Waals surface area contributed by atoms with Crippen LogP contribution in [-0.2, 0) is 9.59 Å². The minimum absolute atomic E-state index is 0.00968. The van der Waals surface area contributed by atoms with Crippen molar-refractivity contribution in [3.8, 4) is 0 Å². The van der Waals surface area contributed by atoms with Crippen molar-refractivity contribution >= 4 is 97.2 Å². The lowest BCUT2D eigenvalue weighted by atomic mass is 10.1. The van der Waals surface area contributed by atoms with Gasteiger partial charge in [0.05, 0.1) is 24.0 Å². The van der Waals surface area contributed by atoms with Gasteiger partial charge in [0.2, 0.25) is 0 Å². The van der Waals surface area contributed by atoms with Crippen LogP contribution in [0.2, 0.25) is 0 Å². The van der Waals surface area contributed by atoms with Gasteiger partial charge in [-0.05, 0) is 67.8 Å². The number of nitrogens with two attached hydrogens (primary N) is 2. The van der Waals surface area contributed by atoms with Gasteiger partial charge in [0.1, 0.15) is 0 Å². The van der Waals surface area contributed by atoms with Crippen LogP contribution in [0.3, 0.4) is 0 Å². The van der Waals surface area contributed by atoms with E-state index >= 15 is 0 Å². The molecular formula is C11H8I3N3O5. The van der Waals surface area contributed by atoms with Crippen LogP contribution in [0.15, 0.2) is 0 Å². The van der Waals surface area contributed by atoms with E-state index in [9.17, 15) is 19.2 Å². The van der Waals surface area contributed by atoms with E-state index in [2.05, 4.69) is 0 Å². The third kappa shape index (κ3) is 3.44. The predicted octanol–water partition coefficient (Wildman–Crippen LogP) is 0.746. The second-order valence-electron chi connectivity index (χ2n) is 3.94. The summed E-state index contributed by atoms with van der Waals surface area (Å²) in [6.07, 6.45) is 0. The lowest BCUT2D eigenvalue weighted by Gasteiger charge is -2.22. The van der Waals surface area contributed by atoms with Gasteiger partial charge in [0.25, 0.3) is 11.8 Å². The second kappa shape index (κ2) is 7.24. The van der Waals surface area contributed by atoms with Crippen LogP contribution >= 0.6 is 67.8 Å². The Labute approximate surface area is 165 Å². The summed E-state index contributed by atoms with van der Waals surface area (Å²) in [5.74, 6) is -4.52. The molecule has 0 unspecified atom stereocenters. The molecule has 0 heterocycles. The smallest absolute Gasteiger partial charge is 0.394 e. The number of anilines is 1. The first-order valence-corrected chi connectivity index (χ1v) is 8.57. The summed E-state index contributed by atoms with van der Waals surface area (Å²) < 4.78 is 0.785. The standard InChI is InChI=1S/C11H8I3N3O5/c1-17(10(20)11(21)22)7-5(13)2(8(15)18)4(12)3(6(7)14)9(16)19/h1H3,(H2,15,18)(H2,16,19)(H,21,22). The summed E-state index contributed by atoms with van der Waals surface area (Å²) in [6, 6.07) is 0. The number of halogens is 3. The molecule has 1 aromatic rings. The van der Waals surface area contributed by atoms with E-state index in [1.54, 1.807) is 67.8 Å². The van der Waals surface area contributed by atoms with Gasteiger partial charge < -0.3 is 21.5 Å². The van der Waals surface area contributed by atoms with Gasteiger partial charge in [0.15, 0.2) is 0 Å². The number of benzene rings is 1. The summed E-state index contributed by atoms with van der Waals surface area (Å²) in [5, 5.41) is 8.83. The molecule has 0 aliphatic heterocycles. The van der Waals surface area contributed by atoms with Gasteiger partial charge in [-0.2, -0.15) is 0 Å². The first-order valence-electron chi connectivity index (χ1n) is 5.33. The SMILES string of the molecule is CN(C(=O)C(=O)O)c1c(I)c(C(N)=O)c(I)c(C(N)=O)c1I. The van der Waals surface area contributed by atoms with Crippen LogP contribution in [0.25, 0.3) is 0 Å². The number of amides is 3. The lowest BCUT2D eigenvalue weighted by Crippen LogP contribution is -2.35. The fourth-order valence-electron chi connectivity index (χ4n) is 1.62. The molecule has 0 radical (unpaired) electrons. The average Bonchev–Trinajstić information content (AvgIpc) is 2.35. The molecule has 0 atom stereocenters. The van der Waals surface area contributed by atoms with Crippen LogP contribution in [-0.4, -0.2) is 35.8 Å². The van der Waals surface area contributed by atoms with E-state index in [0.29, 0.717) is 0 Å². The van der Waals surface area contributed by atoms with E-state index in [-0.39, 0.29) is 27.5 Å². The minimum Gasteiger partial charge on any atom is -0.474 e. The Bertz CT molecular complexity index is 678. The van der Waals surface area contributed by atoms with E-state index in [1.807, 2.05) is 0 Å². The molecule has 1 rings (SSSR count). The zero-order valence-corrected chi connectivity index (χ0v) is 17.3. The third-order valence-corrected chi connectivity index (χ3v) is 5.79. The Morgan fingerprint density at radius 1 is 0.909 bits per heavy atom. The molecule has 1 aromatic carbocycles. The van der Waals surface area contributed by atoms with Crippen molar-refractivity contribution in [1.29, 1.82) is 0 Å². The second-order valence-corrected chi connectivity index (χ2v) is 7.17. The van der Waals surface area contributed by atoms with Gasteiger partial charge >= 0.3 is 11.9 Å².